The van der Waals surface area contributed by atoms with E-state index < -0.39 is 18.3 Å². The maximum absolute atomic E-state index is 13.9. The summed E-state index contributed by atoms with van der Waals surface area (Å²) >= 11 is 0. The van der Waals surface area contributed by atoms with Crippen molar-refractivity contribution in [1.82, 2.24) is 4.90 Å². The Balaban J connectivity index is 1.95. The predicted molar refractivity (Wildman–Crippen MR) is 63.5 cm³/mol. The van der Waals surface area contributed by atoms with Gasteiger partial charge < -0.3 is 9.64 Å². The van der Waals surface area contributed by atoms with Crippen molar-refractivity contribution in [2.45, 2.75) is 38.0 Å². The summed E-state index contributed by atoms with van der Waals surface area (Å²) in [5.74, 6) is -4.31. The lowest BCUT2D eigenvalue weighted by Crippen LogP contribution is -2.48. The van der Waals surface area contributed by atoms with Crippen LogP contribution < -0.4 is 0 Å². The first-order chi connectivity index (χ1) is 8.59. The number of morpholine rings is 1. The van der Waals surface area contributed by atoms with Crippen LogP contribution in [0.5, 0.6) is 0 Å². The molecule has 2 rings (SSSR count). The monoisotopic (exact) mass is 259 g/mol. The third kappa shape index (κ3) is 3.28. The van der Waals surface area contributed by atoms with Crippen molar-refractivity contribution in [2.75, 3.05) is 26.3 Å². The van der Waals surface area contributed by atoms with E-state index in [2.05, 4.69) is 0 Å². The van der Waals surface area contributed by atoms with Crippen molar-refractivity contribution in [1.29, 1.82) is 0 Å². The van der Waals surface area contributed by atoms with Crippen molar-refractivity contribution in [3.8, 4) is 0 Å². The second-order valence-corrected chi connectivity index (χ2v) is 4.89. The maximum atomic E-state index is 13.9. The topological polar surface area (TPSA) is 29.5 Å². The zero-order valence-electron chi connectivity index (χ0n) is 10.5. The fraction of sp³-hybridized carbons (Fsp3) is 0.769. The lowest BCUT2D eigenvalue weighted by Gasteiger charge is -2.30. The van der Waals surface area contributed by atoms with Crippen LogP contribution in [0.15, 0.2) is 11.6 Å². The average molecular weight is 259 g/mol. The van der Waals surface area contributed by atoms with Crippen LogP contribution >= 0.6 is 0 Å². The molecular weight excluding hydrogens is 240 g/mol. The zero-order chi connectivity index (χ0) is 13.0. The van der Waals surface area contributed by atoms with E-state index in [4.69, 9.17) is 4.74 Å². The third-order valence-corrected chi connectivity index (χ3v) is 3.45. The van der Waals surface area contributed by atoms with Crippen molar-refractivity contribution in [2.24, 2.45) is 0 Å². The molecule has 1 saturated heterocycles. The number of nitrogens with zero attached hydrogens (tertiary/aromatic N) is 1. The van der Waals surface area contributed by atoms with Gasteiger partial charge in [-0.15, -0.1) is 0 Å². The van der Waals surface area contributed by atoms with E-state index in [1.807, 2.05) is 6.08 Å². The molecule has 18 heavy (non-hydrogen) atoms. The Morgan fingerprint density at radius 1 is 1.33 bits per heavy atom. The van der Waals surface area contributed by atoms with Gasteiger partial charge in [0, 0.05) is 19.5 Å². The molecule has 3 nitrogen and oxygen atoms in total. The highest BCUT2D eigenvalue weighted by Gasteiger charge is 2.42. The van der Waals surface area contributed by atoms with E-state index in [1.54, 1.807) is 0 Å². The highest BCUT2D eigenvalue weighted by Crippen LogP contribution is 2.31. The van der Waals surface area contributed by atoms with E-state index in [1.165, 1.54) is 4.90 Å². The Bertz CT molecular complexity index is 336. The Morgan fingerprint density at radius 2 is 2.06 bits per heavy atom. The van der Waals surface area contributed by atoms with Crippen LogP contribution in [-0.2, 0) is 9.53 Å². The van der Waals surface area contributed by atoms with Gasteiger partial charge in [-0.3, -0.25) is 4.79 Å². The minimum Gasteiger partial charge on any atom is -0.378 e. The van der Waals surface area contributed by atoms with Crippen LogP contribution in [0, 0.1) is 0 Å². The van der Waals surface area contributed by atoms with E-state index in [0.717, 1.165) is 24.8 Å². The number of hydrogen-bond acceptors (Lipinski definition) is 2. The van der Waals surface area contributed by atoms with E-state index in [9.17, 15) is 13.6 Å². The van der Waals surface area contributed by atoms with Gasteiger partial charge in [-0.2, -0.15) is 8.78 Å². The molecule has 0 unspecified atom stereocenters. The number of hydrogen-bond donors (Lipinski definition) is 0. The summed E-state index contributed by atoms with van der Waals surface area (Å²) in [6.45, 7) is 1.25. The molecule has 102 valence electrons. The van der Waals surface area contributed by atoms with Gasteiger partial charge in [0.25, 0.3) is 5.91 Å². The molecule has 2 aliphatic rings. The number of alkyl halides is 2. The van der Waals surface area contributed by atoms with E-state index in [0.29, 0.717) is 19.6 Å². The normalized spacial score (nSPS) is 21.7. The van der Waals surface area contributed by atoms with Crippen molar-refractivity contribution in [3.05, 3.63) is 11.6 Å². The van der Waals surface area contributed by atoms with Crippen molar-refractivity contribution >= 4 is 5.91 Å². The van der Waals surface area contributed by atoms with E-state index in [-0.39, 0.29) is 13.1 Å². The highest BCUT2D eigenvalue weighted by molar-refractivity contribution is 5.84. The molecule has 0 aromatic heterocycles. The van der Waals surface area contributed by atoms with Crippen molar-refractivity contribution < 1.29 is 18.3 Å². The first kappa shape index (κ1) is 13.5. The summed E-state index contributed by atoms with van der Waals surface area (Å²) in [6, 6.07) is 0. The first-order valence-electron chi connectivity index (χ1n) is 6.52. The first-order valence-corrected chi connectivity index (χ1v) is 6.52. The molecule has 0 saturated carbocycles. The van der Waals surface area contributed by atoms with Gasteiger partial charge >= 0.3 is 5.92 Å². The molecule has 0 N–H and O–H groups in total. The largest absolute Gasteiger partial charge is 0.378 e. The summed E-state index contributed by atoms with van der Waals surface area (Å²) in [5, 5.41) is 0. The van der Waals surface area contributed by atoms with Crippen LogP contribution in [0.4, 0.5) is 8.78 Å². The Hall–Kier alpha value is -0.970. The molecule has 0 radical (unpaired) electrons. The number of carbonyl (C=O) groups excluding carboxylic acids is 1. The number of allylic oxidation sites excluding steroid dienone is 2. The Morgan fingerprint density at radius 3 is 2.67 bits per heavy atom. The molecule has 0 aromatic rings. The van der Waals surface area contributed by atoms with Crippen LogP contribution in [-0.4, -0.2) is 43.0 Å². The molecule has 1 amide bonds. The fourth-order valence-electron chi connectivity index (χ4n) is 2.42. The van der Waals surface area contributed by atoms with Gasteiger partial charge in [-0.25, -0.2) is 0 Å². The summed E-state index contributed by atoms with van der Waals surface area (Å²) < 4.78 is 32.9. The van der Waals surface area contributed by atoms with Crippen LogP contribution in [0.2, 0.25) is 0 Å². The number of halogens is 2. The second kappa shape index (κ2) is 5.78. The molecule has 0 atom stereocenters. The molecule has 5 heteroatoms. The SMILES string of the molecule is O=C(N1CCOCC1)C(F)(F)CC1=CCCCC1. The molecular formula is C13H19F2NO2. The van der Waals surface area contributed by atoms with Gasteiger partial charge in [0.15, 0.2) is 0 Å². The number of rotatable bonds is 3. The highest BCUT2D eigenvalue weighted by atomic mass is 19.3. The maximum Gasteiger partial charge on any atom is 0.328 e. The molecule has 0 bridgehead atoms. The second-order valence-electron chi connectivity index (χ2n) is 4.89. The quantitative estimate of drug-likeness (QED) is 0.728. The average Bonchev–Trinajstić information content (AvgIpc) is 2.39. The van der Waals surface area contributed by atoms with Gasteiger partial charge in [0.2, 0.25) is 0 Å². The van der Waals surface area contributed by atoms with Gasteiger partial charge in [-0.1, -0.05) is 11.6 Å². The molecule has 0 aromatic carbocycles. The van der Waals surface area contributed by atoms with Crippen LogP contribution in [0.3, 0.4) is 0 Å². The molecule has 1 heterocycles. The lowest BCUT2D eigenvalue weighted by atomic mass is 9.94. The Kier molecular flexibility index (Phi) is 4.32. The van der Waals surface area contributed by atoms with Gasteiger partial charge in [-0.05, 0) is 25.7 Å². The number of ether oxygens (including phenoxy) is 1. The lowest BCUT2D eigenvalue weighted by molar-refractivity contribution is -0.161. The number of carbonyl (C=O) groups is 1. The standard InChI is InChI=1S/C13H19F2NO2/c14-13(15,10-11-4-2-1-3-5-11)12(17)16-6-8-18-9-7-16/h4H,1-3,5-10H2. The molecule has 1 aliphatic carbocycles. The van der Waals surface area contributed by atoms with E-state index >= 15 is 0 Å². The molecule has 0 spiro atoms. The van der Waals surface area contributed by atoms with Crippen molar-refractivity contribution in [3.63, 3.8) is 0 Å². The van der Waals surface area contributed by atoms with Gasteiger partial charge in [0.05, 0.1) is 13.2 Å². The minimum atomic E-state index is -3.26. The summed E-state index contributed by atoms with van der Waals surface area (Å²) in [4.78, 5) is 13.0. The summed E-state index contributed by atoms with van der Waals surface area (Å²) in [5.41, 5.74) is 0.729. The molecule has 1 aliphatic heterocycles. The summed E-state index contributed by atoms with van der Waals surface area (Å²) in [6.07, 6.45) is 5.02. The molecule has 1 fully saturated rings. The summed E-state index contributed by atoms with van der Waals surface area (Å²) in [7, 11) is 0. The van der Waals surface area contributed by atoms with Crippen LogP contribution in [0.1, 0.15) is 32.1 Å². The van der Waals surface area contributed by atoms with Gasteiger partial charge in [0.1, 0.15) is 0 Å². The minimum absolute atomic E-state index is 0.271. The zero-order valence-corrected chi connectivity index (χ0v) is 10.5. The predicted octanol–water partition coefficient (Wildman–Crippen LogP) is 2.37. The number of amides is 1. The van der Waals surface area contributed by atoms with Crippen LogP contribution in [0.25, 0.3) is 0 Å². The third-order valence-electron chi connectivity index (χ3n) is 3.45. The Labute approximate surface area is 106 Å². The smallest absolute Gasteiger partial charge is 0.328 e. The fourth-order valence-corrected chi connectivity index (χ4v) is 2.42.